The molecule has 0 aromatic heterocycles. The van der Waals surface area contributed by atoms with Crippen molar-refractivity contribution in [1.29, 1.82) is 0 Å². The lowest BCUT2D eigenvalue weighted by Gasteiger charge is -2.29. The van der Waals surface area contributed by atoms with Crippen molar-refractivity contribution < 1.29 is 9.53 Å². The van der Waals surface area contributed by atoms with E-state index in [1.165, 1.54) is 0 Å². The summed E-state index contributed by atoms with van der Waals surface area (Å²) in [5.74, 6) is 0.127. The number of carbonyl (C=O) groups excluding carboxylic acids is 1. The molecule has 0 radical (unpaired) electrons. The van der Waals surface area contributed by atoms with Crippen LogP contribution < -0.4 is 10.6 Å². The molecule has 2 bridgehead atoms. The van der Waals surface area contributed by atoms with Gasteiger partial charge in [0, 0.05) is 18.3 Å². The molecule has 4 heteroatoms. The van der Waals surface area contributed by atoms with Crippen LogP contribution in [0.4, 0.5) is 5.69 Å². The summed E-state index contributed by atoms with van der Waals surface area (Å²) >= 11 is 0. The first-order valence-electron chi connectivity index (χ1n) is 8.26. The smallest absolute Gasteiger partial charge is 0.228 e. The van der Waals surface area contributed by atoms with E-state index >= 15 is 0 Å². The molecule has 2 saturated heterocycles. The second-order valence-electron chi connectivity index (χ2n) is 7.13. The highest BCUT2D eigenvalue weighted by Gasteiger charge is 2.53. The van der Waals surface area contributed by atoms with Gasteiger partial charge in [-0.3, -0.25) is 4.79 Å². The van der Waals surface area contributed by atoms with Gasteiger partial charge in [0.05, 0.1) is 17.6 Å². The van der Waals surface area contributed by atoms with Crippen molar-refractivity contribution in [3.8, 4) is 0 Å². The fourth-order valence-electron chi connectivity index (χ4n) is 3.66. The Bertz CT molecular complexity index is 558. The molecular formula is C18H26N2O2. The Morgan fingerprint density at radius 1 is 1.41 bits per heavy atom. The van der Waals surface area contributed by atoms with Crippen molar-refractivity contribution in [2.24, 2.45) is 5.41 Å². The maximum Gasteiger partial charge on any atom is 0.228 e. The summed E-state index contributed by atoms with van der Waals surface area (Å²) < 4.78 is 5.85. The standard InChI is InChI=1S/C18H26N2O2/c1-12(2)20-14-6-4-5-13(9-14)11-19-17(21)18(3)10-15-7-8-16(18)22-15/h4-6,9,12,15-16,20H,7-8,10-11H2,1-3H3,(H,19,21)/t15-,16-,18+/m1/s1. The fraction of sp³-hybridized carbons (Fsp3) is 0.611. The minimum Gasteiger partial charge on any atom is -0.383 e. The zero-order valence-corrected chi connectivity index (χ0v) is 13.7. The number of amides is 1. The number of rotatable bonds is 5. The minimum absolute atomic E-state index is 0.103. The average molecular weight is 302 g/mol. The molecule has 2 aliphatic heterocycles. The maximum atomic E-state index is 12.6. The quantitative estimate of drug-likeness (QED) is 0.879. The Hall–Kier alpha value is -1.55. The van der Waals surface area contributed by atoms with Crippen LogP contribution in [0.15, 0.2) is 24.3 Å². The highest BCUT2D eigenvalue weighted by molar-refractivity contribution is 5.83. The van der Waals surface area contributed by atoms with Crippen molar-refractivity contribution in [3.63, 3.8) is 0 Å². The molecule has 2 fully saturated rings. The van der Waals surface area contributed by atoms with Crippen molar-refractivity contribution in [2.75, 3.05) is 5.32 Å². The molecule has 1 aromatic rings. The molecule has 2 heterocycles. The van der Waals surface area contributed by atoms with Gasteiger partial charge in [-0.15, -0.1) is 0 Å². The van der Waals surface area contributed by atoms with Gasteiger partial charge in [0.2, 0.25) is 5.91 Å². The Labute approximate surface area is 132 Å². The van der Waals surface area contributed by atoms with Crippen LogP contribution in [-0.2, 0) is 16.1 Å². The molecule has 1 amide bonds. The second kappa shape index (κ2) is 5.92. The SMILES string of the molecule is CC(C)Nc1cccc(CNC(=O)[C@@]2(C)C[C@H]3CC[C@H]2O3)c1. The van der Waals surface area contributed by atoms with Crippen LogP contribution in [0.3, 0.4) is 0 Å². The molecular weight excluding hydrogens is 276 g/mol. The lowest BCUT2D eigenvalue weighted by atomic mass is 9.75. The number of hydrogen-bond acceptors (Lipinski definition) is 3. The van der Waals surface area contributed by atoms with Crippen LogP contribution in [0, 0.1) is 5.41 Å². The zero-order valence-electron chi connectivity index (χ0n) is 13.7. The highest BCUT2D eigenvalue weighted by atomic mass is 16.5. The third-order valence-electron chi connectivity index (χ3n) is 4.82. The molecule has 120 valence electrons. The van der Waals surface area contributed by atoms with Crippen molar-refractivity contribution in [1.82, 2.24) is 5.32 Å². The van der Waals surface area contributed by atoms with E-state index in [0.717, 1.165) is 30.5 Å². The Kier molecular flexibility index (Phi) is 4.13. The van der Waals surface area contributed by atoms with E-state index in [1.807, 2.05) is 19.1 Å². The fourth-order valence-corrected chi connectivity index (χ4v) is 3.66. The number of nitrogens with one attached hydrogen (secondary N) is 2. The van der Waals surface area contributed by atoms with Crippen LogP contribution in [-0.4, -0.2) is 24.2 Å². The van der Waals surface area contributed by atoms with E-state index in [4.69, 9.17) is 4.74 Å². The molecule has 0 aliphatic carbocycles. The lowest BCUT2D eigenvalue weighted by Crippen LogP contribution is -2.44. The number of fused-ring (bicyclic) bond motifs is 2. The van der Waals surface area contributed by atoms with E-state index in [1.54, 1.807) is 0 Å². The maximum absolute atomic E-state index is 12.6. The molecule has 0 spiro atoms. The first-order valence-corrected chi connectivity index (χ1v) is 8.26. The van der Waals surface area contributed by atoms with E-state index in [0.29, 0.717) is 18.7 Å². The lowest BCUT2D eigenvalue weighted by molar-refractivity contribution is -0.133. The first-order chi connectivity index (χ1) is 10.5. The molecule has 3 rings (SSSR count). The van der Waals surface area contributed by atoms with Gasteiger partial charge < -0.3 is 15.4 Å². The van der Waals surface area contributed by atoms with Gasteiger partial charge >= 0.3 is 0 Å². The van der Waals surface area contributed by atoms with E-state index in [2.05, 4.69) is 36.6 Å². The van der Waals surface area contributed by atoms with Crippen LogP contribution >= 0.6 is 0 Å². The van der Waals surface area contributed by atoms with Crippen LogP contribution in [0.2, 0.25) is 0 Å². The van der Waals surface area contributed by atoms with Gasteiger partial charge in [0.15, 0.2) is 0 Å². The summed E-state index contributed by atoms with van der Waals surface area (Å²) in [6.07, 6.45) is 3.38. The Morgan fingerprint density at radius 2 is 2.23 bits per heavy atom. The van der Waals surface area contributed by atoms with Gasteiger partial charge in [-0.25, -0.2) is 0 Å². The van der Waals surface area contributed by atoms with Crippen molar-refractivity contribution in [3.05, 3.63) is 29.8 Å². The summed E-state index contributed by atoms with van der Waals surface area (Å²) in [5, 5.41) is 6.48. The largest absolute Gasteiger partial charge is 0.383 e. The van der Waals surface area contributed by atoms with E-state index in [9.17, 15) is 4.79 Å². The summed E-state index contributed by atoms with van der Waals surface area (Å²) in [5.41, 5.74) is 1.86. The molecule has 3 atom stereocenters. The Balaban J connectivity index is 1.59. The highest BCUT2D eigenvalue weighted by Crippen LogP contribution is 2.47. The van der Waals surface area contributed by atoms with E-state index in [-0.39, 0.29) is 17.4 Å². The number of hydrogen-bond donors (Lipinski definition) is 2. The zero-order chi connectivity index (χ0) is 15.7. The predicted molar refractivity (Wildman–Crippen MR) is 87.7 cm³/mol. The number of benzene rings is 1. The van der Waals surface area contributed by atoms with Crippen molar-refractivity contribution >= 4 is 11.6 Å². The third-order valence-corrected chi connectivity index (χ3v) is 4.82. The predicted octanol–water partition coefficient (Wildman–Crippen LogP) is 3.08. The van der Waals surface area contributed by atoms with E-state index < -0.39 is 0 Å². The molecule has 2 aliphatic rings. The summed E-state index contributed by atoms with van der Waals surface area (Å²) in [6.45, 7) is 6.84. The first kappa shape index (κ1) is 15.3. The third kappa shape index (κ3) is 2.98. The molecule has 22 heavy (non-hydrogen) atoms. The van der Waals surface area contributed by atoms with Gasteiger partial charge in [0.1, 0.15) is 0 Å². The summed E-state index contributed by atoms with van der Waals surface area (Å²) in [7, 11) is 0. The van der Waals surface area contributed by atoms with Gasteiger partial charge in [-0.1, -0.05) is 12.1 Å². The topological polar surface area (TPSA) is 50.4 Å². The number of carbonyl (C=O) groups is 1. The van der Waals surface area contributed by atoms with Crippen molar-refractivity contribution in [2.45, 2.75) is 64.8 Å². The van der Waals surface area contributed by atoms with Crippen LogP contribution in [0.25, 0.3) is 0 Å². The molecule has 0 saturated carbocycles. The number of ether oxygens (including phenoxy) is 1. The average Bonchev–Trinajstić information content (AvgIpc) is 3.05. The summed E-state index contributed by atoms with van der Waals surface area (Å²) in [6, 6.07) is 8.62. The Morgan fingerprint density at radius 3 is 2.86 bits per heavy atom. The molecule has 4 nitrogen and oxygen atoms in total. The molecule has 2 N–H and O–H groups in total. The van der Waals surface area contributed by atoms with Crippen LogP contribution in [0.5, 0.6) is 0 Å². The summed E-state index contributed by atoms with van der Waals surface area (Å²) in [4.78, 5) is 12.6. The van der Waals surface area contributed by atoms with Gasteiger partial charge in [-0.05, 0) is 57.7 Å². The minimum atomic E-state index is -0.350. The van der Waals surface area contributed by atoms with Gasteiger partial charge in [0.25, 0.3) is 0 Å². The second-order valence-corrected chi connectivity index (χ2v) is 7.13. The van der Waals surface area contributed by atoms with Gasteiger partial charge in [-0.2, -0.15) is 0 Å². The number of anilines is 1. The molecule has 1 aromatic carbocycles. The monoisotopic (exact) mass is 302 g/mol. The molecule has 0 unspecified atom stereocenters. The normalized spacial score (nSPS) is 29.8. The van der Waals surface area contributed by atoms with Crippen LogP contribution in [0.1, 0.15) is 45.6 Å².